The molecule has 1 aromatic rings. The average molecular weight is 323 g/mol. The highest BCUT2D eigenvalue weighted by atomic mass is 19.1. The molecule has 0 unspecified atom stereocenters. The molecule has 126 valence electrons. The van der Waals surface area contributed by atoms with Crippen LogP contribution in [0.15, 0.2) is 6.20 Å². The first kappa shape index (κ1) is 15.9. The molecule has 0 aromatic carbocycles. The summed E-state index contributed by atoms with van der Waals surface area (Å²) in [4.78, 5) is 21.5. The SMILES string of the molecule is CO[C@@H]1C[C@H]2CN(c3ncc(F)c(N)n3)C[C@H]2C[C@H]1NC(C)=O. The minimum atomic E-state index is -0.601. The number of carbonyl (C=O) groups excluding carboxylic acids is 1. The molecule has 0 radical (unpaired) electrons. The predicted octanol–water partition coefficient (Wildman–Crippen LogP) is 0.564. The van der Waals surface area contributed by atoms with Crippen molar-refractivity contribution < 1.29 is 13.9 Å². The Balaban J connectivity index is 1.72. The summed E-state index contributed by atoms with van der Waals surface area (Å²) in [6, 6.07) is 0.0258. The maximum Gasteiger partial charge on any atom is 0.227 e. The van der Waals surface area contributed by atoms with Gasteiger partial charge in [0.25, 0.3) is 0 Å². The second-order valence-electron chi connectivity index (χ2n) is 6.38. The number of hydrogen-bond donors (Lipinski definition) is 2. The zero-order chi connectivity index (χ0) is 16.6. The summed E-state index contributed by atoms with van der Waals surface area (Å²) in [6.07, 6.45) is 2.85. The number of halogens is 1. The van der Waals surface area contributed by atoms with E-state index in [0.29, 0.717) is 17.8 Å². The van der Waals surface area contributed by atoms with Crippen LogP contribution in [0.2, 0.25) is 0 Å². The van der Waals surface area contributed by atoms with Crippen LogP contribution in [0.1, 0.15) is 19.8 Å². The lowest BCUT2D eigenvalue weighted by Crippen LogP contribution is -2.49. The zero-order valence-electron chi connectivity index (χ0n) is 13.3. The van der Waals surface area contributed by atoms with Gasteiger partial charge in [-0.25, -0.2) is 9.37 Å². The summed E-state index contributed by atoms with van der Waals surface area (Å²) in [7, 11) is 1.68. The third kappa shape index (κ3) is 3.21. The molecule has 2 heterocycles. The first-order chi connectivity index (χ1) is 11.0. The molecule has 2 aliphatic rings. The first-order valence-corrected chi connectivity index (χ1v) is 7.80. The summed E-state index contributed by atoms with van der Waals surface area (Å²) in [6.45, 7) is 3.10. The van der Waals surface area contributed by atoms with Crippen molar-refractivity contribution in [3.8, 4) is 0 Å². The number of nitrogen functional groups attached to an aromatic ring is 1. The maximum absolute atomic E-state index is 13.2. The summed E-state index contributed by atoms with van der Waals surface area (Å²) < 4.78 is 18.8. The third-order valence-corrected chi connectivity index (χ3v) is 4.85. The van der Waals surface area contributed by atoms with Gasteiger partial charge in [-0.05, 0) is 24.7 Å². The van der Waals surface area contributed by atoms with E-state index in [1.54, 1.807) is 7.11 Å². The number of nitrogens with zero attached hydrogens (tertiary/aromatic N) is 3. The fourth-order valence-corrected chi connectivity index (χ4v) is 3.77. The highest BCUT2D eigenvalue weighted by Crippen LogP contribution is 2.38. The van der Waals surface area contributed by atoms with E-state index in [4.69, 9.17) is 10.5 Å². The van der Waals surface area contributed by atoms with Gasteiger partial charge in [0.2, 0.25) is 11.9 Å². The quantitative estimate of drug-likeness (QED) is 0.844. The van der Waals surface area contributed by atoms with Gasteiger partial charge in [-0.1, -0.05) is 0 Å². The van der Waals surface area contributed by atoms with E-state index in [2.05, 4.69) is 15.3 Å². The van der Waals surface area contributed by atoms with E-state index in [1.165, 1.54) is 6.92 Å². The molecule has 1 aliphatic carbocycles. The number of ether oxygens (including phenoxy) is 1. The standard InChI is InChI=1S/C15H22FN5O2/c1-8(22)19-12-3-9-6-21(7-10(9)4-13(12)23-2)15-18-5-11(16)14(17)20-15/h5,9-10,12-13H,3-4,6-7H2,1-2H3,(H,19,22)(H2,17,18,20)/t9-,10+,12-,13-/m1/s1. The highest BCUT2D eigenvalue weighted by Gasteiger charge is 2.43. The van der Waals surface area contributed by atoms with Crippen LogP contribution in [0.5, 0.6) is 0 Å². The molecule has 1 aromatic heterocycles. The number of nitrogens with one attached hydrogen (secondary N) is 1. The Bertz CT molecular complexity index is 599. The molecule has 3 rings (SSSR count). The van der Waals surface area contributed by atoms with Crippen molar-refractivity contribution in [1.82, 2.24) is 15.3 Å². The average Bonchev–Trinajstić information content (AvgIpc) is 2.91. The summed E-state index contributed by atoms with van der Waals surface area (Å²) in [5, 5.41) is 2.98. The molecule has 1 amide bonds. The number of fused-ring (bicyclic) bond motifs is 1. The number of amides is 1. The lowest BCUT2D eigenvalue weighted by molar-refractivity contribution is -0.121. The number of nitrogens with two attached hydrogens (primary N) is 1. The fourth-order valence-electron chi connectivity index (χ4n) is 3.77. The number of methoxy groups -OCH3 is 1. The Labute approximate surface area is 134 Å². The van der Waals surface area contributed by atoms with Crippen molar-refractivity contribution in [3.05, 3.63) is 12.0 Å². The zero-order valence-corrected chi connectivity index (χ0v) is 13.3. The Morgan fingerprint density at radius 2 is 2.13 bits per heavy atom. The molecular weight excluding hydrogens is 301 g/mol. The molecule has 8 heteroatoms. The van der Waals surface area contributed by atoms with E-state index < -0.39 is 5.82 Å². The minimum absolute atomic E-state index is 0.0132. The lowest BCUT2D eigenvalue weighted by atomic mass is 9.77. The molecule has 3 N–H and O–H groups in total. The predicted molar refractivity (Wildman–Crippen MR) is 83.2 cm³/mol. The number of anilines is 2. The summed E-state index contributed by atoms with van der Waals surface area (Å²) in [5.41, 5.74) is 5.54. The van der Waals surface area contributed by atoms with Crippen LogP contribution >= 0.6 is 0 Å². The molecule has 23 heavy (non-hydrogen) atoms. The van der Waals surface area contributed by atoms with Gasteiger partial charge in [0, 0.05) is 27.1 Å². The van der Waals surface area contributed by atoms with Gasteiger partial charge in [-0.15, -0.1) is 0 Å². The van der Waals surface area contributed by atoms with Crippen LogP contribution in [0, 0.1) is 17.7 Å². The maximum atomic E-state index is 13.2. The van der Waals surface area contributed by atoms with E-state index in [9.17, 15) is 9.18 Å². The number of aromatic nitrogens is 2. The topological polar surface area (TPSA) is 93.4 Å². The van der Waals surface area contributed by atoms with Crippen LogP contribution in [-0.2, 0) is 9.53 Å². The Kier molecular flexibility index (Phi) is 4.34. The van der Waals surface area contributed by atoms with Crippen molar-refractivity contribution in [1.29, 1.82) is 0 Å². The van der Waals surface area contributed by atoms with Crippen LogP contribution in [0.3, 0.4) is 0 Å². The molecular formula is C15H22FN5O2. The second-order valence-corrected chi connectivity index (χ2v) is 6.38. The molecule has 0 bridgehead atoms. The van der Waals surface area contributed by atoms with Crippen molar-refractivity contribution >= 4 is 17.7 Å². The largest absolute Gasteiger partial charge is 0.381 e. The Hall–Kier alpha value is -1.96. The van der Waals surface area contributed by atoms with E-state index in [1.807, 2.05) is 4.90 Å². The van der Waals surface area contributed by atoms with E-state index in [0.717, 1.165) is 32.1 Å². The van der Waals surface area contributed by atoms with Gasteiger partial charge in [0.05, 0.1) is 18.3 Å². The van der Waals surface area contributed by atoms with Gasteiger partial charge in [-0.3, -0.25) is 4.79 Å². The molecule has 1 saturated carbocycles. The molecule has 1 aliphatic heterocycles. The minimum Gasteiger partial charge on any atom is -0.381 e. The van der Waals surface area contributed by atoms with Gasteiger partial charge >= 0.3 is 0 Å². The summed E-state index contributed by atoms with van der Waals surface area (Å²) >= 11 is 0. The van der Waals surface area contributed by atoms with Crippen molar-refractivity contribution in [2.45, 2.75) is 31.9 Å². The van der Waals surface area contributed by atoms with E-state index >= 15 is 0 Å². The molecule has 1 saturated heterocycles. The highest BCUT2D eigenvalue weighted by molar-refractivity contribution is 5.73. The van der Waals surface area contributed by atoms with Gasteiger partial charge in [-0.2, -0.15) is 4.98 Å². The number of carbonyl (C=O) groups is 1. The smallest absolute Gasteiger partial charge is 0.227 e. The van der Waals surface area contributed by atoms with Crippen LogP contribution < -0.4 is 16.0 Å². The second kappa shape index (κ2) is 6.27. The Morgan fingerprint density at radius 3 is 2.74 bits per heavy atom. The van der Waals surface area contributed by atoms with Crippen LogP contribution in [0.4, 0.5) is 16.2 Å². The Morgan fingerprint density at radius 1 is 1.43 bits per heavy atom. The third-order valence-electron chi connectivity index (χ3n) is 4.85. The molecule has 4 atom stereocenters. The summed E-state index contributed by atoms with van der Waals surface area (Å²) in [5.74, 6) is 0.558. The molecule has 7 nitrogen and oxygen atoms in total. The van der Waals surface area contributed by atoms with Gasteiger partial charge in [0.15, 0.2) is 11.6 Å². The van der Waals surface area contributed by atoms with Gasteiger partial charge < -0.3 is 20.7 Å². The van der Waals surface area contributed by atoms with Crippen molar-refractivity contribution in [2.75, 3.05) is 30.8 Å². The normalized spacial score (nSPS) is 30.1. The first-order valence-electron chi connectivity index (χ1n) is 7.80. The monoisotopic (exact) mass is 323 g/mol. The lowest BCUT2D eigenvalue weighted by Gasteiger charge is -2.37. The van der Waals surface area contributed by atoms with Crippen molar-refractivity contribution in [2.24, 2.45) is 11.8 Å². The van der Waals surface area contributed by atoms with Crippen molar-refractivity contribution in [3.63, 3.8) is 0 Å². The number of hydrogen-bond acceptors (Lipinski definition) is 6. The molecule has 0 spiro atoms. The van der Waals surface area contributed by atoms with Gasteiger partial charge in [0.1, 0.15) is 0 Å². The van der Waals surface area contributed by atoms with Crippen LogP contribution in [0.25, 0.3) is 0 Å². The fraction of sp³-hybridized carbons (Fsp3) is 0.667. The molecule has 2 fully saturated rings. The van der Waals surface area contributed by atoms with E-state index in [-0.39, 0.29) is 23.9 Å². The van der Waals surface area contributed by atoms with Crippen LogP contribution in [-0.4, -0.2) is 48.2 Å². The number of rotatable bonds is 3.